The second-order valence-corrected chi connectivity index (χ2v) is 6.83. The molecule has 31 heavy (non-hydrogen) atoms. The summed E-state index contributed by atoms with van der Waals surface area (Å²) in [7, 11) is 0. The van der Waals surface area contributed by atoms with E-state index in [1.807, 2.05) is 32.9 Å². The Morgan fingerprint density at radius 1 is 0.548 bits per heavy atom. The molecule has 158 valence electrons. The number of benzene rings is 4. The van der Waals surface area contributed by atoms with E-state index in [2.05, 4.69) is 115 Å². The average Bonchev–Trinajstić information content (AvgIpc) is 2.84. The van der Waals surface area contributed by atoms with Crippen LogP contribution >= 0.6 is 0 Å². The van der Waals surface area contributed by atoms with Crippen molar-refractivity contribution in [2.75, 3.05) is 4.90 Å². The molecule has 0 fully saturated rings. The molecule has 0 heterocycles. The number of rotatable bonds is 4. The molecule has 0 radical (unpaired) electrons. The van der Waals surface area contributed by atoms with Crippen molar-refractivity contribution in [2.24, 2.45) is 0 Å². The van der Waals surface area contributed by atoms with Gasteiger partial charge in [-0.15, -0.1) is 6.58 Å². The SMILES string of the molecule is C=CC.CC.Cc1ccc(-c2ccc(N(c3ccccc3)c3ccccc3)cc2)cc1. The number of para-hydroxylation sites is 2. The third-order valence-corrected chi connectivity index (χ3v) is 4.54. The Hall–Kier alpha value is -3.58. The second kappa shape index (κ2) is 12.9. The predicted octanol–water partition coefficient (Wildman–Crippen LogP) is 9.35. The van der Waals surface area contributed by atoms with Gasteiger partial charge in [0.1, 0.15) is 0 Å². The Bertz CT molecular complexity index is 962. The van der Waals surface area contributed by atoms with Crippen molar-refractivity contribution in [2.45, 2.75) is 27.7 Å². The molecule has 0 spiro atoms. The summed E-state index contributed by atoms with van der Waals surface area (Å²) in [5.74, 6) is 0. The van der Waals surface area contributed by atoms with E-state index in [4.69, 9.17) is 0 Å². The fraction of sp³-hybridized carbons (Fsp3) is 0.133. The molecule has 0 N–H and O–H groups in total. The Balaban J connectivity index is 0.000000630. The lowest BCUT2D eigenvalue weighted by Crippen LogP contribution is -2.09. The van der Waals surface area contributed by atoms with Gasteiger partial charge in [0.25, 0.3) is 0 Å². The van der Waals surface area contributed by atoms with Crippen LogP contribution in [0.3, 0.4) is 0 Å². The van der Waals surface area contributed by atoms with Gasteiger partial charge in [-0.05, 0) is 61.4 Å². The van der Waals surface area contributed by atoms with Crippen molar-refractivity contribution in [1.29, 1.82) is 0 Å². The number of hydrogen-bond donors (Lipinski definition) is 0. The van der Waals surface area contributed by atoms with Crippen molar-refractivity contribution in [1.82, 2.24) is 0 Å². The van der Waals surface area contributed by atoms with E-state index < -0.39 is 0 Å². The van der Waals surface area contributed by atoms with Crippen LogP contribution in [0.4, 0.5) is 17.1 Å². The molecule has 0 atom stereocenters. The first-order valence-electron chi connectivity index (χ1n) is 10.9. The molecule has 0 saturated heterocycles. The van der Waals surface area contributed by atoms with Crippen molar-refractivity contribution in [3.63, 3.8) is 0 Å². The molecular weight excluding hydrogens is 374 g/mol. The number of hydrogen-bond acceptors (Lipinski definition) is 1. The van der Waals surface area contributed by atoms with Gasteiger partial charge in [0.15, 0.2) is 0 Å². The van der Waals surface area contributed by atoms with Gasteiger partial charge in [-0.25, -0.2) is 0 Å². The van der Waals surface area contributed by atoms with Gasteiger partial charge in [0.05, 0.1) is 0 Å². The molecule has 0 aliphatic rings. The van der Waals surface area contributed by atoms with Gasteiger partial charge in [-0.3, -0.25) is 0 Å². The average molecular weight is 408 g/mol. The zero-order valence-electron chi connectivity index (χ0n) is 19.1. The van der Waals surface area contributed by atoms with Crippen molar-refractivity contribution < 1.29 is 0 Å². The molecule has 0 aliphatic heterocycles. The van der Waals surface area contributed by atoms with Gasteiger partial charge in [-0.2, -0.15) is 0 Å². The first-order valence-corrected chi connectivity index (χ1v) is 10.9. The van der Waals surface area contributed by atoms with E-state index in [1.54, 1.807) is 6.08 Å². The normalized spacial score (nSPS) is 9.42. The van der Waals surface area contributed by atoms with Gasteiger partial charge >= 0.3 is 0 Å². The monoisotopic (exact) mass is 407 g/mol. The molecule has 0 amide bonds. The molecule has 4 rings (SSSR count). The maximum atomic E-state index is 3.36. The molecule has 0 aromatic heterocycles. The van der Waals surface area contributed by atoms with Crippen LogP contribution in [0.5, 0.6) is 0 Å². The predicted molar refractivity (Wildman–Crippen MR) is 139 cm³/mol. The third-order valence-electron chi connectivity index (χ3n) is 4.54. The Morgan fingerprint density at radius 2 is 0.871 bits per heavy atom. The molecule has 0 unspecified atom stereocenters. The zero-order chi connectivity index (χ0) is 22.5. The minimum atomic E-state index is 1.15. The lowest BCUT2D eigenvalue weighted by Gasteiger charge is -2.25. The van der Waals surface area contributed by atoms with Crippen LogP contribution in [-0.2, 0) is 0 Å². The highest BCUT2D eigenvalue weighted by Crippen LogP contribution is 2.35. The minimum Gasteiger partial charge on any atom is -0.311 e. The standard InChI is InChI=1S/C25H21N.C3H6.C2H6/c1-20-12-14-21(15-13-20)22-16-18-25(19-17-22)26(23-8-4-2-5-9-23)24-10-6-3-7-11-24;1-3-2;1-2/h2-19H,1H3;3H,1H2,2H3;1-2H3. The molecule has 0 saturated carbocycles. The van der Waals surface area contributed by atoms with E-state index in [-0.39, 0.29) is 0 Å². The summed E-state index contributed by atoms with van der Waals surface area (Å²) >= 11 is 0. The van der Waals surface area contributed by atoms with E-state index >= 15 is 0 Å². The van der Waals surface area contributed by atoms with Crippen LogP contribution in [0.15, 0.2) is 122 Å². The van der Waals surface area contributed by atoms with Gasteiger partial charge in [-0.1, -0.05) is 98.3 Å². The zero-order valence-corrected chi connectivity index (χ0v) is 19.1. The smallest absolute Gasteiger partial charge is 0.0462 e. The molecule has 4 aromatic rings. The van der Waals surface area contributed by atoms with Crippen LogP contribution < -0.4 is 4.90 Å². The van der Waals surface area contributed by atoms with Gasteiger partial charge in [0, 0.05) is 17.1 Å². The second-order valence-electron chi connectivity index (χ2n) is 6.83. The van der Waals surface area contributed by atoms with Crippen LogP contribution in [-0.4, -0.2) is 0 Å². The van der Waals surface area contributed by atoms with Crippen LogP contribution in [0.1, 0.15) is 26.3 Å². The number of nitrogens with zero attached hydrogens (tertiary/aromatic N) is 1. The summed E-state index contributed by atoms with van der Waals surface area (Å²) < 4.78 is 0. The summed E-state index contributed by atoms with van der Waals surface area (Å²) in [6, 6.07) is 38.4. The third kappa shape index (κ3) is 6.72. The minimum absolute atomic E-state index is 1.15. The van der Waals surface area contributed by atoms with E-state index in [9.17, 15) is 0 Å². The molecular formula is C30H33N. The lowest BCUT2D eigenvalue weighted by atomic mass is 10.0. The van der Waals surface area contributed by atoms with E-state index in [0.717, 1.165) is 17.1 Å². The van der Waals surface area contributed by atoms with Crippen molar-refractivity contribution in [3.05, 3.63) is 127 Å². The highest BCUT2D eigenvalue weighted by atomic mass is 15.1. The maximum absolute atomic E-state index is 3.36. The van der Waals surface area contributed by atoms with E-state index in [1.165, 1.54) is 16.7 Å². The summed E-state index contributed by atoms with van der Waals surface area (Å²) in [5.41, 5.74) is 7.22. The fourth-order valence-electron chi connectivity index (χ4n) is 3.15. The lowest BCUT2D eigenvalue weighted by molar-refractivity contribution is 1.28. The molecule has 1 heteroatoms. The van der Waals surface area contributed by atoms with E-state index in [0.29, 0.717) is 0 Å². The number of allylic oxidation sites excluding steroid dienone is 1. The summed E-state index contributed by atoms with van der Waals surface area (Å²) in [6.45, 7) is 11.4. The molecule has 0 bridgehead atoms. The fourth-order valence-corrected chi connectivity index (χ4v) is 3.15. The largest absolute Gasteiger partial charge is 0.311 e. The quantitative estimate of drug-likeness (QED) is 0.305. The first kappa shape index (κ1) is 23.7. The first-order chi connectivity index (χ1) is 15.2. The molecule has 0 aliphatic carbocycles. The van der Waals surface area contributed by atoms with Crippen LogP contribution in [0, 0.1) is 6.92 Å². The molecule has 1 nitrogen and oxygen atoms in total. The van der Waals surface area contributed by atoms with Crippen molar-refractivity contribution >= 4 is 17.1 Å². The van der Waals surface area contributed by atoms with Crippen LogP contribution in [0.2, 0.25) is 0 Å². The Morgan fingerprint density at radius 3 is 1.26 bits per heavy atom. The highest BCUT2D eigenvalue weighted by Gasteiger charge is 2.11. The molecule has 4 aromatic carbocycles. The summed E-state index contributed by atoms with van der Waals surface area (Å²) in [5, 5.41) is 0. The van der Waals surface area contributed by atoms with Crippen LogP contribution in [0.25, 0.3) is 11.1 Å². The number of aryl methyl sites for hydroxylation is 1. The van der Waals surface area contributed by atoms with Crippen molar-refractivity contribution in [3.8, 4) is 11.1 Å². The highest BCUT2D eigenvalue weighted by molar-refractivity contribution is 5.78. The summed E-state index contributed by atoms with van der Waals surface area (Å²) in [6.07, 6.45) is 1.75. The van der Waals surface area contributed by atoms with Gasteiger partial charge in [0.2, 0.25) is 0 Å². The number of anilines is 3. The van der Waals surface area contributed by atoms with Gasteiger partial charge < -0.3 is 4.90 Å². The Labute approximate surface area is 188 Å². The topological polar surface area (TPSA) is 3.24 Å². The maximum Gasteiger partial charge on any atom is 0.0462 e. The Kier molecular flexibility index (Phi) is 9.84. The summed E-state index contributed by atoms with van der Waals surface area (Å²) in [4.78, 5) is 2.28.